The number of anilines is 1. The number of hydrogen-bond acceptors (Lipinski definition) is 5. The zero-order valence-electron chi connectivity index (χ0n) is 22.2. The minimum atomic E-state index is -3.75. The molecule has 2 radical (unpaired) electrons. The van der Waals surface area contributed by atoms with E-state index >= 15 is 0 Å². The van der Waals surface area contributed by atoms with E-state index in [0.29, 0.717) is 16.8 Å². The van der Waals surface area contributed by atoms with Gasteiger partial charge in [0.05, 0.1) is 34.5 Å². The van der Waals surface area contributed by atoms with Crippen LogP contribution in [0.25, 0.3) is 11.0 Å². The molecule has 0 aliphatic carbocycles. The van der Waals surface area contributed by atoms with Crippen molar-refractivity contribution in [2.24, 2.45) is 0 Å². The van der Waals surface area contributed by atoms with Crippen LogP contribution >= 0.6 is 0 Å². The van der Waals surface area contributed by atoms with E-state index in [-0.39, 0.29) is 11.4 Å². The van der Waals surface area contributed by atoms with Crippen LogP contribution < -0.4 is 9.62 Å². The van der Waals surface area contributed by atoms with Crippen molar-refractivity contribution < 1.29 is 18.3 Å². The second kappa shape index (κ2) is 10.7. The standard InChI is InChI=1S/C26H26N4O4S.C3H3B/c1-25(2,3)29-35(33,34)19-11-9-18(10-12-19)26(32)20-6-4-5-7-23(20)30(24(26)31)15-17-8-13-21-22(14-17)28-16-27-21;1-2-3-4/h4-14,16,29,32H,15H2,1-3H3,(H,27,28);1H3. The van der Waals surface area contributed by atoms with Crippen LogP contribution in [0.1, 0.15) is 44.4 Å². The number of benzene rings is 3. The molecule has 3 aromatic carbocycles. The highest BCUT2D eigenvalue weighted by Crippen LogP contribution is 2.45. The lowest BCUT2D eigenvalue weighted by Gasteiger charge is -2.24. The molecule has 1 atom stereocenters. The first kappa shape index (κ1) is 28.1. The number of imidazole rings is 1. The quantitative estimate of drug-likeness (QED) is 0.265. The van der Waals surface area contributed by atoms with Crippen molar-refractivity contribution in [2.45, 2.75) is 50.3 Å². The summed E-state index contributed by atoms with van der Waals surface area (Å²) in [5.74, 6) is 4.15. The van der Waals surface area contributed by atoms with Gasteiger partial charge in [0.15, 0.2) is 13.4 Å². The van der Waals surface area contributed by atoms with Crippen molar-refractivity contribution in [3.8, 4) is 11.7 Å². The van der Waals surface area contributed by atoms with Gasteiger partial charge in [-0.3, -0.25) is 4.79 Å². The van der Waals surface area contributed by atoms with Crippen LogP contribution in [0.15, 0.2) is 78.0 Å². The number of aromatic nitrogens is 2. The molecule has 0 fully saturated rings. The maximum absolute atomic E-state index is 13.7. The second-order valence-electron chi connectivity index (χ2n) is 10.1. The van der Waals surface area contributed by atoms with Gasteiger partial charge >= 0.3 is 0 Å². The van der Waals surface area contributed by atoms with Crippen LogP contribution in [0.2, 0.25) is 0 Å². The molecule has 1 aliphatic rings. The lowest BCUT2D eigenvalue weighted by atomic mass is 9.87. The summed E-state index contributed by atoms with van der Waals surface area (Å²) in [4.78, 5) is 22.6. The lowest BCUT2D eigenvalue weighted by molar-refractivity contribution is -0.132. The monoisotopic (exact) mass is 540 g/mol. The number of fused-ring (bicyclic) bond motifs is 2. The first-order valence-corrected chi connectivity index (χ1v) is 13.7. The van der Waals surface area contributed by atoms with Crippen LogP contribution in [-0.2, 0) is 27.0 Å². The minimum Gasteiger partial charge on any atom is -0.372 e. The van der Waals surface area contributed by atoms with Crippen LogP contribution in [-0.4, -0.2) is 42.8 Å². The summed E-state index contributed by atoms with van der Waals surface area (Å²) in [5, 5.41) is 11.8. The molecular weight excluding hydrogens is 511 g/mol. The summed E-state index contributed by atoms with van der Waals surface area (Å²) in [6, 6.07) is 18.6. The summed E-state index contributed by atoms with van der Waals surface area (Å²) in [5.41, 5.74) is 1.35. The van der Waals surface area contributed by atoms with Crippen LogP contribution in [0.5, 0.6) is 0 Å². The van der Waals surface area contributed by atoms with E-state index in [1.807, 2.05) is 24.3 Å². The van der Waals surface area contributed by atoms with Gasteiger partial charge in [-0.05, 0) is 69.2 Å². The minimum absolute atomic E-state index is 0.0585. The van der Waals surface area contributed by atoms with Gasteiger partial charge < -0.3 is 15.0 Å². The summed E-state index contributed by atoms with van der Waals surface area (Å²) in [7, 11) is 0.915. The molecule has 10 heteroatoms. The molecule has 0 bridgehead atoms. The maximum atomic E-state index is 13.7. The van der Waals surface area contributed by atoms with Crippen LogP contribution in [0.3, 0.4) is 0 Å². The van der Waals surface area contributed by atoms with E-state index in [1.54, 1.807) is 57.1 Å². The molecule has 5 rings (SSSR count). The molecule has 0 saturated heterocycles. The maximum Gasteiger partial charge on any atom is 0.268 e. The van der Waals surface area contributed by atoms with Crippen LogP contribution in [0, 0.1) is 11.7 Å². The number of carbonyl (C=O) groups excluding carboxylic acids is 1. The fraction of sp³-hybridized carbons (Fsp3) is 0.241. The molecule has 3 N–H and O–H groups in total. The summed E-state index contributed by atoms with van der Waals surface area (Å²) < 4.78 is 28.0. The molecule has 8 nitrogen and oxygen atoms in total. The lowest BCUT2D eigenvalue weighted by Crippen LogP contribution is -2.41. The Hall–Kier alpha value is -3.91. The Morgan fingerprint density at radius 1 is 1.10 bits per heavy atom. The highest BCUT2D eigenvalue weighted by molar-refractivity contribution is 7.89. The van der Waals surface area contributed by atoms with Crippen molar-refractivity contribution in [3.05, 3.63) is 89.7 Å². The highest BCUT2D eigenvalue weighted by Gasteiger charge is 2.51. The summed E-state index contributed by atoms with van der Waals surface area (Å²) >= 11 is 0. The number of aromatic amines is 1. The van der Waals surface area contributed by atoms with Crippen molar-refractivity contribution >= 4 is 40.5 Å². The molecule has 2 heterocycles. The molecule has 0 spiro atoms. The van der Waals surface area contributed by atoms with Gasteiger partial charge in [0.2, 0.25) is 10.0 Å². The third-order valence-electron chi connectivity index (χ3n) is 6.13. The SMILES string of the molecule is CC(C)(C)NS(=O)(=O)c1ccc(C2(O)C(=O)N(Cc3ccc4nc[nH]c4c3)c3ccccc32)cc1.[B]C#CC. The first-order valence-electron chi connectivity index (χ1n) is 12.2. The number of para-hydroxylation sites is 1. The Balaban J connectivity index is 0.000000826. The Kier molecular flexibility index (Phi) is 7.71. The number of rotatable bonds is 5. The second-order valence-corrected chi connectivity index (χ2v) is 11.8. The molecule has 1 aliphatic heterocycles. The Morgan fingerprint density at radius 3 is 2.41 bits per heavy atom. The van der Waals surface area contributed by atoms with Gasteiger partial charge in [-0.2, -0.15) is 5.82 Å². The van der Waals surface area contributed by atoms with E-state index in [1.165, 1.54) is 24.3 Å². The zero-order valence-corrected chi connectivity index (χ0v) is 23.0. The van der Waals surface area contributed by atoms with Crippen molar-refractivity contribution in [1.82, 2.24) is 14.7 Å². The van der Waals surface area contributed by atoms with Gasteiger partial charge in [0, 0.05) is 11.1 Å². The number of aliphatic hydroxyl groups is 1. The Bertz CT molecular complexity index is 1680. The highest BCUT2D eigenvalue weighted by atomic mass is 32.2. The van der Waals surface area contributed by atoms with E-state index in [0.717, 1.165) is 16.6 Å². The Labute approximate surface area is 229 Å². The van der Waals surface area contributed by atoms with E-state index in [4.69, 9.17) is 0 Å². The van der Waals surface area contributed by atoms with E-state index < -0.39 is 27.1 Å². The van der Waals surface area contributed by atoms with E-state index in [2.05, 4.69) is 34.3 Å². The molecule has 1 aromatic heterocycles. The van der Waals surface area contributed by atoms with Gasteiger partial charge in [-0.15, -0.1) is 5.92 Å². The van der Waals surface area contributed by atoms with Crippen molar-refractivity contribution in [2.75, 3.05) is 4.90 Å². The third-order valence-corrected chi connectivity index (χ3v) is 7.91. The smallest absolute Gasteiger partial charge is 0.268 e. The fourth-order valence-electron chi connectivity index (χ4n) is 4.47. The molecule has 198 valence electrons. The number of H-pyrrole nitrogens is 1. The molecule has 4 aromatic rings. The third kappa shape index (κ3) is 5.61. The largest absolute Gasteiger partial charge is 0.372 e. The fourth-order valence-corrected chi connectivity index (χ4v) is 5.89. The van der Waals surface area contributed by atoms with Crippen molar-refractivity contribution in [3.63, 3.8) is 0 Å². The Morgan fingerprint density at radius 2 is 1.77 bits per heavy atom. The molecule has 1 amide bonds. The summed E-state index contributed by atoms with van der Waals surface area (Å²) in [6.07, 6.45) is 1.62. The normalized spacial score (nSPS) is 16.7. The van der Waals surface area contributed by atoms with Crippen LogP contribution in [0.4, 0.5) is 5.69 Å². The van der Waals surface area contributed by atoms with Gasteiger partial charge in [-0.25, -0.2) is 18.1 Å². The average Bonchev–Trinajstić information content (AvgIpc) is 3.45. The predicted octanol–water partition coefficient (Wildman–Crippen LogP) is 3.56. The molecule has 0 saturated carbocycles. The topological polar surface area (TPSA) is 115 Å². The van der Waals surface area contributed by atoms with Crippen molar-refractivity contribution in [1.29, 1.82) is 0 Å². The number of carbonyl (C=O) groups is 1. The molecule has 39 heavy (non-hydrogen) atoms. The number of nitrogens with zero attached hydrogens (tertiary/aromatic N) is 2. The predicted molar refractivity (Wildman–Crippen MR) is 152 cm³/mol. The van der Waals surface area contributed by atoms with Gasteiger partial charge in [-0.1, -0.05) is 36.4 Å². The number of nitrogens with one attached hydrogen (secondary N) is 2. The van der Waals surface area contributed by atoms with E-state index in [9.17, 15) is 18.3 Å². The van der Waals surface area contributed by atoms with Gasteiger partial charge in [0.1, 0.15) is 0 Å². The first-order chi connectivity index (χ1) is 18.4. The molecule has 1 unspecified atom stereocenters. The number of sulfonamides is 1. The van der Waals surface area contributed by atoms with Gasteiger partial charge in [0.25, 0.3) is 5.91 Å². The summed E-state index contributed by atoms with van der Waals surface area (Å²) in [6.45, 7) is 7.23. The molecular formula is C29H29BN4O4S. The number of amides is 1. The number of hydrogen-bond donors (Lipinski definition) is 3. The zero-order chi connectivity index (χ0) is 28.4. The average molecular weight is 540 g/mol.